The molecule has 2 aromatic rings. The Balaban J connectivity index is 1.39. The topological polar surface area (TPSA) is 50.4 Å². The largest absolute Gasteiger partial charge is 0.480 e. The molecule has 2 heterocycles. The summed E-state index contributed by atoms with van der Waals surface area (Å²) >= 11 is 0. The highest BCUT2D eigenvalue weighted by molar-refractivity contribution is 5.82. The van der Waals surface area contributed by atoms with E-state index in [1.54, 1.807) is 0 Å². The fourth-order valence-corrected chi connectivity index (χ4v) is 3.75. The Labute approximate surface area is 148 Å². The lowest BCUT2D eigenvalue weighted by atomic mass is 9.94. The van der Waals surface area contributed by atoms with Crippen molar-refractivity contribution in [3.63, 3.8) is 0 Å². The molecule has 2 aliphatic rings. The van der Waals surface area contributed by atoms with E-state index in [9.17, 15) is 4.79 Å². The molecule has 0 saturated carbocycles. The first-order valence-corrected chi connectivity index (χ1v) is 8.97. The van der Waals surface area contributed by atoms with E-state index < -0.39 is 6.10 Å². The summed E-state index contributed by atoms with van der Waals surface area (Å²) in [6, 6.07) is 12.8. The van der Waals surface area contributed by atoms with Crippen molar-refractivity contribution in [1.82, 2.24) is 10.6 Å². The van der Waals surface area contributed by atoms with E-state index in [0.717, 1.165) is 24.3 Å². The monoisotopic (exact) mass is 336 g/mol. The molecule has 0 radical (unpaired) electrons. The van der Waals surface area contributed by atoms with Crippen molar-refractivity contribution in [2.45, 2.75) is 38.8 Å². The van der Waals surface area contributed by atoms with Crippen molar-refractivity contribution in [3.05, 3.63) is 64.2 Å². The highest BCUT2D eigenvalue weighted by Crippen LogP contribution is 2.31. The Hall–Kier alpha value is -2.33. The number of carbonyl (C=O) groups excluding carboxylic acids is 1. The molecule has 2 atom stereocenters. The van der Waals surface area contributed by atoms with Gasteiger partial charge in [0, 0.05) is 19.0 Å². The van der Waals surface area contributed by atoms with Crippen LogP contribution in [-0.2, 0) is 17.6 Å². The number of nitrogens with one attached hydrogen (secondary N) is 2. The molecule has 4 nitrogen and oxygen atoms in total. The molecule has 0 aromatic heterocycles. The predicted molar refractivity (Wildman–Crippen MR) is 97.9 cm³/mol. The predicted octanol–water partition coefficient (Wildman–Crippen LogP) is 2.61. The molecule has 2 unspecified atom stereocenters. The molecule has 130 valence electrons. The van der Waals surface area contributed by atoms with Gasteiger partial charge >= 0.3 is 0 Å². The molecular weight excluding hydrogens is 312 g/mol. The molecule has 0 saturated heterocycles. The maximum absolute atomic E-state index is 12.6. The third kappa shape index (κ3) is 3.14. The molecular formula is C21H24N2O2. The van der Waals surface area contributed by atoms with Crippen LogP contribution in [0.15, 0.2) is 36.4 Å². The summed E-state index contributed by atoms with van der Waals surface area (Å²) in [5.41, 5.74) is 6.23. The number of benzene rings is 2. The minimum absolute atomic E-state index is 0.0311. The van der Waals surface area contributed by atoms with Crippen molar-refractivity contribution in [1.29, 1.82) is 0 Å². The zero-order valence-electron chi connectivity index (χ0n) is 14.8. The summed E-state index contributed by atoms with van der Waals surface area (Å²) in [6.07, 6.45) is 1.27. The van der Waals surface area contributed by atoms with E-state index in [1.807, 2.05) is 6.07 Å². The van der Waals surface area contributed by atoms with Gasteiger partial charge in [0.05, 0.1) is 0 Å². The van der Waals surface area contributed by atoms with Crippen LogP contribution in [0.25, 0.3) is 0 Å². The normalized spacial score (nSPS) is 21.2. The number of carbonyl (C=O) groups is 1. The standard InChI is InChI=1S/C21H24N2O2/c1-13-9-16-11-20(25-19(16)10-14(13)2)21(24)23-12-18-17-6-4-3-5-15(17)7-8-22-18/h3-6,9-10,18,20,22H,7-8,11-12H2,1-2H3,(H,23,24). The third-order valence-electron chi connectivity index (χ3n) is 5.34. The molecule has 4 heteroatoms. The van der Waals surface area contributed by atoms with E-state index >= 15 is 0 Å². The zero-order chi connectivity index (χ0) is 17.4. The first-order valence-electron chi connectivity index (χ1n) is 8.97. The average Bonchev–Trinajstić information content (AvgIpc) is 3.03. The van der Waals surface area contributed by atoms with E-state index in [0.29, 0.717) is 13.0 Å². The number of aryl methyl sites for hydroxylation is 2. The van der Waals surface area contributed by atoms with Crippen LogP contribution in [0.4, 0.5) is 0 Å². The first kappa shape index (κ1) is 16.2. The minimum Gasteiger partial charge on any atom is -0.480 e. The van der Waals surface area contributed by atoms with Gasteiger partial charge in [0.15, 0.2) is 6.10 Å². The Kier molecular flexibility index (Phi) is 4.22. The van der Waals surface area contributed by atoms with E-state index in [-0.39, 0.29) is 11.9 Å². The Morgan fingerprint density at radius 3 is 2.88 bits per heavy atom. The second kappa shape index (κ2) is 6.52. The average molecular weight is 336 g/mol. The summed E-state index contributed by atoms with van der Waals surface area (Å²) in [4.78, 5) is 12.6. The second-order valence-electron chi connectivity index (χ2n) is 7.06. The molecule has 0 spiro atoms. The van der Waals surface area contributed by atoms with Gasteiger partial charge in [-0.3, -0.25) is 4.79 Å². The summed E-state index contributed by atoms with van der Waals surface area (Å²) in [7, 11) is 0. The van der Waals surface area contributed by atoms with Crippen molar-refractivity contribution >= 4 is 5.91 Å². The molecule has 0 fully saturated rings. The van der Waals surface area contributed by atoms with Gasteiger partial charge in [-0.1, -0.05) is 30.3 Å². The van der Waals surface area contributed by atoms with Crippen LogP contribution in [0.3, 0.4) is 0 Å². The van der Waals surface area contributed by atoms with Crippen molar-refractivity contribution in [2.24, 2.45) is 0 Å². The van der Waals surface area contributed by atoms with Crippen molar-refractivity contribution in [2.75, 3.05) is 13.1 Å². The van der Waals surface area contributed by atoms with E-state index in [2.05, 4.69) is 54.8 Å². The van der Waals surface area contributed by atoms with Gasteiger partial charge in [-0.15, -0.1) is 0 Å². The highest BCUT2D eigenvalue weighted by atomic mass is 16.5. The lowest BCUT2D eigenvalue weighted by molar-refractivity contribution is -0.127. The number of amides is 1. The molecule has 2 aliphatic heterocycles. The van der Waals surface area contributed by atoms with E-state index in [1.165, 1.54) is 22.3 Å². The number of hydrogen-bond acceptors (Lipinski definition) is 3. The fraction of sp³-hybridized carbons (Fsp3) is 0.381. The van der Waals surface area contributed by atoms with Crippen LogP contribution in [0.5, 0.6) is 5.75 Å². The molecule has 2 aromatic carbocycles. The van der Waals surface area contributed by atoms with Crippen LogP contribution in [-0.4, -0.2) is 25.1 Å². The molecule has 0 bridgehead atoms. The van der Waals surface area contributed by atoms with Crippen molar-refractivity contribution < 1.29 is 9.53 Å². The maximum Gasteiger partial charge on any atom is 0.261 e. The Bertz CT molecular complexity index is 785. The third-order valence-corrected chi connectivity index (χ3v) is 5.34. The maximum atomic E-state index is 12.6. The van der Waals surface area contributed by atoms with Crippen LogP contribution in [0.2, 0.25) is 0 Å². The molecule has 4 rings (SSSR count). The summed E-state index contributed by atoms with van der Waals surface area (Å²) in [6.45, 7) is 5.69. The molecule has 1 amide bonds. The zero-order valence-corrected chi connectivity index (χ0v) is 14.8. The quantitative estimate of drug-likeness (QED) is 0.906. The van der Waals surface area contributed by atoms with Gasteiger partial charge in [0.25, 0.3) is 5.91 Å². The van der Waals surface area contributed by atoms with Crippen molar-refractivity contribution in [3.8, 4) is 5.75 Å². The van der Waals surface area contributed by atoms with Gasteiger partial charge in [0.1, 0.15) is 5.75 Å². The van der Waals surface area contributed by atoms with Crippen LogP contribution in [0, 0.1) is 13.8 Å². The fourth-order valence-electron chi connectivity index (χ4n) is 3.75. The summed E-state index contributed by atoms with van der Waals surface area (Å²) in [5.74, 6) is 0.820. The lowest BCUT2D eigenvalue weighted by Gasteiger charge is -2.27. The lowest BCUT2D eigenvalue weighted by Crippen LogP contribution is -2.43. The molecule has 2 N–H and O–H groups in total. The number of rotatable bonds is 3. The second-order valence-corrected chi connectivity index (χ2v) is 7.06. The van der Waals surface area contributed by atoms with Gasteiger partial charge in [-0.05, 0) is 60.7 Å². The highest BCUT2D eigenvalue weighted by Gasteiger charge is 2.30. The van der Waals surface area contributed by atoms with E-state index in [4.69, 9.17) is 4.74 Å². The summed E-state index contributed by atoms with van der Waals surface area (Å²) < 4.78 is 5.88. The molecule has 25 heavy (non-hydrogen) atoms. The minimum atomic E-state index is -0.421. The number of ether oxygens (including phenoxy) is 1. The summed E-state index contributed by atoms with van der Waals surface area (Å²) in [5, 5.41) is 6.57. The van der Waals surface area contributed by atoms with Gasteiger partial charge in [-0.25, -0.2) is 0 Å². The number of hydrogen-bond donors (Lipinski definition) is 2. The van der Waals surface area contributed by atoms with Crippen LogP contribution >= 0.6 is 0 Å². The smallest absolute Gasteiger partial charge is 0.261 e. The Morgan fingerprint density at radius 2 is 2.00 bits per heavy atom. The van der Waals surface area contributed by atoms with Gasteiger partial charge in [-0.2, -0.15) is 0 Å². The SMILES string of the molecule is Cc1cc2c(cc1C)OC(C(=O)NCC1NCCc3ccccc31)C2. The Morgan fingerprint density at radius 1 is 1.20 bits per heavy atom. The first-order chi connectivity index (χ1) is 12.1. The van der Waals surface area contributed by atoms with Gasteiger partial charge < -0.3 is 15.4 Å². The number of fused-ring (bicyclic) bond motifs is 2. The van der Waals surface area contributed by atoms with Gasteiger partial charge in [0.2, 0.25) is 0 Å². The molecule has 0 aliphatic carbocycles. The van der Waals surface area contributed by atoms with Crippen LogP contribution < -0.4 is 15.4 Å². The van der Waals surface area contributed by atoms with Crippen LogP contribution in [0.1, 0.15) is 33.9 Å².